The van der Waals surface area contributed by atoms with Crippen LogP contribution in [0.25, 0.3) is 0 Å². The van der Waals surface area contributed by atoms with E-state index in [-0.39, 0.29) is 23.1 Å². The SMILES string of the molecule is Fc1ccc(CBr)c(F)c1.[MgH2]. The predicted octanol–water partition coefficient (Wildman–Crippen LogP) is 1.94. The van der Waals surface area contributed by atoms with E-state index in [1.54, 1.807) is 0 Å². The lowest BCUT2D eigenvalue weighted by molar-refractivity contribution is 0.577. The molecule has 0 aromatic heterocycles. The zero-order chi connectivity index (χ0) is 7.56. The number of hydrogen-bond acceptors (Lipinski definition) is 0. The summed E-state index contributed by atoms with van der Waals surface area (Å²) in [6, 6.07) is 3.52. The van der Waals surface area contributed by atoms with Crippen molar-refractivity contribution in [2.75, 3.05) is 0 Å². The summed E-state index contributed by atoms with van der Waals surface area (Å²) < 4.78 is 24.8. The van der Waals surface area contributed by atoms with Gasteiger partial charge in [0.25, 0.3) is 0 Å². The Bertz CT molecular complexity index is 240. The molecule has 0 fully saturated rings. The average molecular weight is 233 g/mol. The predicted molar refractivity (Wildman–Crippen MR) is 47.5 cm³/mol. The molecule has 0 aliphatic carbocycles. The van der Waals surface area contributed by atoms with Gasteiger partial charge in [0.15, 0.2) is 0 Å². The van der Waals surface area contributed by atoms with E-state index < -0.39 is 11.6 Å². The quantitative estimate of drug-likeness (QED) is 0.514. The molecule has 58 valence electrons. The molecule has 0 N–H and O–H groups in total. The molecule has 0 heterocycles. The van der Waals surface area contributed by atoms with E-state index in [0.29, 0.717) is 10.9 Å². The van der Waals surface area contributed by atoms with Gasteiger partial charge in [-0.1, -0.05) is 22.0 Å². The second kappa shape index (κ2) is 5.06. The Morgan fingerprint density at radius 2 is 1.91 bits per heavy atom. The molecule has 0 saturated heterocycles. The van der Waals surface area contributed by atoms with Crippen molar-refractivity contribution in [3.63, 3.8) is 0 Å². The van der Waals surface area contributed by atoms with Crippen molar-refractivity contribution < 1.29 is 8.78 Å². The Kier molecular flexibility index (Phi) is 5.21. The van der Waals surface area contributed by atoms with Crippen LogP contribution in [0.3, 0.4) is 0 Å². The summed E-state index contributed by atoms with van der Waals surface area (Å²) in [5.74, 6) is -1.04. The Hall–Kier alpha value is 0.326. The monoisotopic (exact) mass is 232 g/mol. The first-order valence-corrected chi connectivity index (χ1v) is 3.86. The molecule has 11 heavy (non-hydrogen) atoms. The molecule has 1 aromatic rings. The van der Waals surface area contributed by atoms with Crippen molar-refractivity contribution >= 4 is 39.0 Å². The summed E-state index contributed by atoms with van der Waals surface area (Å²) in [5, 5.41) is 0.416. The maximum absolute atomic E-state index is 12.6. The summed E-state index contributed by atoms with van der Waals surface area (Å²) in [7, 11) is 0. The number of alkyl halides is 1. The smallest absolute Gasteiger partial charge is 0.207 e. The molecular formula is C7H7BrF2Mg. The molecule has 0 spiro atoms. The highest BCUT2D eigenvalue weighted by Crippen LogP contribution is 2.11. The van der Waals surface area contributed by atoms with E-state index in [4.69, 9.17) is 0 Å². The normalized spacial score (nSPS) is 9.00. The Morgan fingerprint density at radius 3 is 2.36 bits per heavy atom. The van der Waals surface area contributed by atoms with Gasteiger partial charge >= 0.3 is 23.1 Å². The van der Waals surface area contributed by atoms with Crippen molar-refractivity contribution in [1.82, 2.24) is 0 Å². The molecular weight excluding hydrogens is 226 g/mol. The van der Waals surface area contributed by atoms with Crippen LogP contribution in [0.2, 0.25) is 0 Å². The summed E-state index contributed by atoms with van der Waals surface area (Å²) in [4.78, 5) is 0. The van der Waals surface area contributed by atoms with Crippen molar-refractivity contribution in [3.8, 4) is 0 Å². The molecule has 0 atom stereocenters. The van der Waals surface area contributed by atoms with Gasteiger partial charge in [0.1, 0.15) is 11.6 Å². The third-order valence-electron chi connectivity index (χ3n) is 1.16. The maximum Gasteiger partial charge on any atom is 0.316 e. The first-order valence-electron chi connectivity index (χ1n) is 2.74. The summed E-state index contributed by atoms with van der Waals surface area (Å²) in [6.45, 7) is 0. The topological polar surface area (TPSA) is 0 Å². The molecule has 1 rings (SSSR count). The number of hydrogen-bond donors (Lipinski definition) is 0. The lowest BCUT2D eigenvalue weighted by Gasteiger charge is -1.95. The van der Waals surface area contributed by atoms with Gasteiger partial charge in [-0.2, -0.15) is 0 Å². The van der Waals surface area contributed by atoms with Crippen LogP contribution in [0.5, 0.6) is 0 Å². The largest absolute Gasteiger partial charge is 0.316 e. The van der Waals surface area contributed by atoms with Gasteiger partial charge < -0.3 is 0 Å². The van der Waals surface area contributed by atoms with Gasteiger partial charge in [-0.05, 0) is 11.6 Å². The van der Waals surface area contributed by atoms with Crippen LogP contribution in [0.4, 0.5) is 8.78 Å². The molecule has 1 aromatic carbocycles. The first-order chi connectivity index (χ1) is 4.74. The zero-order valence-electron chi connectivity index (χ0n) is 5.07. The maximum atomic E-state index is 12.6. The van der Waals surface area contributed by atoms with Gasteiger partial charge in [0, 0.05) is 11.4 Å². The van der Waals surface area contributed by atoms with Crippen molar-refractivity contribution in [1.29, 1.82) is 0 Å². The summed E-state index contributed by atoms with van der Waals surface area (Å²) in [5.41, 5.74) is 0.474. The molecule has 0 unspecified atom stereocenters. The van der Waals surface area contributed by atoms with Crippen LogP contribution < -0.4 is 0 Å². The molecule has 0 nitrogen and oxygen atoms in total. The molecule has 0 bridgehead atoms. The molecule has 0 aliphatic rings. The fraction of sp³-hybridized carbons (Fsp3) is 0.143. The second-order valence-corrected chi connectivity index (χ2v) is 2.43. The summed E-state index contributed by atoms with van der Waals surface area (Å²) >= 11 is 3.07. The number of benzene rings is 1. The van der Waals surface area contributed by atoms with Gasteiger partial charge in [-0.15, -0.1) is 0 Å². The summed E-state index contributed by atoms with van der Waals surface area (Å²) in [6.07, 6.45) is 0. The van der Waals surface area contributed by atoms with E-state index in [1.165, 1.54) is 12.1 Å². The van der Waals surface area contributed by atoms with Crippen LogP contribution in [0.15, 0.2) is 18.2 Å². The Morgan fingerprint density at radius 1 is 1.27 bits per heavy atom. The Labute approximate surface area is 88.3 Å². The second-order valence-electron chi connectivity index (χ2n) is 1.87. The van der Waals surface area contributed by atoms with Gasteiger partial charge in [0.05, 0.1) is 0 Å². The Balaban J connectivity index is 0.000001000. The minimum absolute atomic E-state index is 0. The molecule has 0 radical (unpaired) electrons. The van der Waals surface area contributed by atoms with E-state index >= 15 is 0 Å². The van der Waals surface area contributed by atoms with E-state index in [9.17, 15) is 8.78 Å². The van der Waals surface area contributed by atoms with Crippen molar-refractivity contribution in [3.05, 3.63) is 35.4 Å². The number of rotatable bonds is 1. The van der Waals surface area contributed by atoms with Crippen molar-refractivity contribution in [2.24, 2.45) is 0 Å². The fourth-order valence-corrected chi connectivity index (χ4v) is 1.08. The lowest BCUT2D eigenvalue weighted by atomic mass is 10.2. The van der Waals surface area contributed by atoms with Crippen LogP contribution >= 0.6 is 15.9 Å². The molecule has 0 amide bonds. The minimum atomic E-state index is -0.540. The van der Waals surface area contributed by atoms with Crippen LogP contribution in [0.1, 0.15) is 5.56 Å². The molecule has 4 heteroatoms. The van der Waals surface area contributed by atoms with Crippen LogP contribution in [0, 0.1) is 11.6 Å². The van der Waals surface area contributed by atoms with E-state index in [0.717, 1.165) is 6.07 Å². The molecule has 0 aliphatic heterocycles. The van der Waals surface area contributed by atoms with Crippen molar-refractivity contribution in [2.45, 2.75) is 5.33 Å². The minimum Gasteiger partial charge on any atom is -0.207 e. The standard InChI is InChI=1S/C7H5BrF2.Mg.2H/c8-4-5-1-2-6(9)3-7(5)10;;;/h1-3H,4H2;;;. The van der Waals surface area contributed by atoms with Crippen LogP contribution in [-0.4, -0.2) is 23.1 Å². The highest BCUT2D eigenvalue weighted by molar-refractivity contribution is 9.08. The van der Waals surface area contributed by atoms with Crippen LogP contribution in [-0.2, 0) is 5.33 Å². The zero-order valence-corrected chi connectivity index (χ0v) is 6.66. The average Bonchev–Trinajstić information content (AvgIpc) is 1.88. The molecule has 0 saturated carbocycles. The van der Waals surface area contributed by atoms with E-state index in [2.05, 4.69) is 15.9 Å². The highest BCUT2D eigenvalue weighted by Gasteiger charge is 2.00. The highest BCUT2D eigenvalue weighted by atomic mass is 79.9. The lowest BCUT2D eigenvalue weighted by Crippen LogP contribution is -1.85. The third kappa shape index (κ3) is 3.05. The fourth-order valence-electron chi connectivity index (χ4n) is 0.630. The van der Waals surface area contributed by atoms with Gasteiger partial charge in [-0.3, -0.25) is 0 Å². The van der Waals surface area contributed by atoms with Gasteiger partial charge in [0.2, 0.25) is 0 Å². The van der Waals surface area contributed by atoms with E-state index in [1.807, 2.05) is 0 Å². The van der Waals surface area contributed by atoms with Gasteiger partial charge in [-0.25, -0.2) is 8.78 Å². The third-order valence-corrected chi connectivity index (χ3v) is 1.76. The number of halogens is 3. The first kappa shape index (κ1) is 11.3.